The van der Waals surface area contributed by atoms with Crippen LogP contribution in [0.4, 0.5) is 4.39 Å². The zero-order valence-corrected chi connectivity index (χ0v) is 13.8. The number of likely N-dealkylation sites (tertiary alicyclic amines) is 1. The van der Waals surface area contributed by atoms with Gasteiger partial charge in [0.25, 0.3) is 0 Å². The molecule has 1 amide bonds. The van der Waals surface area contributed by atoms with Gasteiger partial charge in [0.15, 0.2) is 9.84 Å². The molecule has 1 aromatic carbocycles. The van der Waals surface area contributed by atoms with E-state index in [9.17, 15) is 17.6 Å². The number of carbonyl (C=O) groups is 1. The van der Waals surface area contributed by atoms with E-state index < -0.39 is 15.1 Å². The molecule has 1 fully saturated rings. The normalized spacial score (nSPS) is 18.2. The Kier molecular flexibility index (Phi) is 5.21. The molecule has 1 atom stereocenters. The van der Waals surface area contributed by atoms with Gasteiger partial charge in [0.05, 0.1) is 0 Å². The molecule has 0 saturated carbocycles. The van der Waals surface area contributed by atoms with Crippen LogP contribution in [0.1, 0.15) is 25.3 Å². The van der Waals surface area contributed by atoms with Crippen molar-refractivity contribution < 1.29 is 17.6 Å². The fourth-order valence-electron chi connectivity index (χ4n) is 2.75. The molecule has 0 bridgehead atoms. The van der Waals surface area contributed by atoms with Crippen molar-refractivity contribution >= 4 is 15.7 Å². The van der Waals surface area contributed by atoms with Gasteiger partial charge in [-0.3, -0.25) is 4.79 Å². The molecule has 122 valence electrons. The third-order valence-corrected chi connectivity index (χ3v) is 5.84. The van der Waals surface area contributed by atoms with E-state index >= 15 is 0 Å². The summed E-state index contributed by atoms with van der Waals surface area (Å²) in [4.78, 5) is 13.8. The third kappa shape index (κ3) is 4.29. The summed E-state index contributed by atoms with van der Waals surface area (Å²) in [5.41, 5.74) is 1.09. The molecule has 0 N–H and O–H groups in total. The molecule has 1 aliphatic heterocycles. The van der Waals surface area contributed by atoms with Crippen molar-refractivity contribution in [3.8, 4) is 0 Å². The number of hydrogen-bond acceptors (Lipinski definition) is 3. The first-order chi connectivity index (χ1) is 10.3. The van der Waals surface area contributed by atoms with Crippen molar-refractivity contribution in [3.05, 3.63) is 35.6 Å². The summed E-state index contributed by atoms with van der Waals surface area (Å²) in [6.45, 7) is 2.62. The lowest BCUT2D eigenvalue weighted by atomic mass is 9.90. The molecule has 22 heavy (non-hydrogen) atoms. The van der Waals surface area contributed by atoms with Gasteiger partial charge < -0.3 is 4.90 Å². The first kappa shape index (κ1) is 16.9. The maximum atomic E-state index is 12.9. The van der Waals surface area contributed by atoms with Gasteiger partial charge in [-0.05, 0) is 49.8 Å². The zero-order valence-electron chi connectivity index (χ0n) is 13.0. The fourth-order valence-corrected chi connectivity index (χ4v) is 3.27. The van der Waals surface area contributed by atoms with Gasteiger partial charge in [-0.2, -0.15) is 0 Å². The number of sulfone groups is 1. The van der Waals surface area contributed by atoms with Crippen LogP contribution < -0.4 is 0 Å². The van der Waals surface area contributed by atoms with E-state index in [1.807, 2.05) is 0 Å². The van der Waals surface area contributed by atoms with E-state index in [-0.39, 0.29) is 11.7 Å². The predicted octanol–water partition coefficient (Wildman–Crippen LogP) is 2.04. The van der Waals surface area contributed by atoms with Crippen LogP contribution in [-0.4, -0.2) is 43.8 Å². The Morgan fingerprint density at radius 2 is 1.82 bits per heavy atom. The van der Waals surface area contributed by atoms with E-state index in [4.69, 9.17) is 0 Å². The highest BCUT2D eigenvalue weighted by Crippen LogP contribution is 2.23. The maximum absolute atomic E-state index is 12.9. The smallest absolute Gasteiger partial charge is 0.240 e. The number of nitrogens with zero attached hydrogens (tertiary/aromatic N) is 1. The van der Waals surface area contributed by atoms with Gasteiger partial charge in [0.1, 0.15) is 11.1 Å². The minimum Gasteiger partial charge on any atom is -0.342 e. The van der Waals surface area contributed by atoms with Crippen LogP contribution in [0.3, 0.4) is 0 Å². The van der Waals surface area contributed by atoms with Crippen LogP contribution in [0.15, 0.2) is 24.3 Å². The van der Waals surface area contributed by atoms with Crippen LogP contribution >= 0.6 is 0 Å². The molecule has 0 aliphatic carbocycles. The van der Waals surface area contributed by atoms with Crippen LogP contribution in [-0.2, 0) is 21.1 Å². The fraction of sp³-hybridized carbons (Fsp3) is 0.562. The molecule has 4 nitrogen and oxygen atoms in total. The van der Waals surface area contributed by atoms with Crippen molar-refractivity contribution in [2.45, 2.75) is 31.4 Å². The Morgan fingerprint density at radius 1 is 1.27 bits per heavy atom. The Morgan fingerprint density at radius 3 is 2.32 bits per heavy atom. The number of halogens is 1. The molecule has 0 aromatic heterocycles. The summed E-state index contributed by atoms with van der Waals surface area (Å²) >= 11 is 0. The lowest BCUT2D eigenvalue weighted by Crippen LogP contribution is -2.45. The van der Waals surface area contributed by atoms with E-state index in [2.05, 4.69) is 0 Å². The van der Waals surface area contributed by atoms with Gasteiger partial charge >= 0.3 is 0 Å². The number of hydrogen-bond donors (Lipinski definition) is 0. The number of benzene rings is 1. The summed E-state index contributed by atoms with van der Waals surface area (Å²) in [5, 5.41) is -0.971. The molecular formula is C16H22FNO3S. The quantitative estimate of drug-likeness (QED) is 0.850. The molecular weight excluding hydrogens is 305 g/mol. The molecule has 6 heteroatoms. The van der Waals surface area contributed by atoms with E-state index in [1.165, 1.54) is 19.1 Å². The van der Waals surface area contributed by atoms with Crippen LogP contribution in [0.5, 0.6) is 0 Å². The second kappa shape index (κ2) is 6.77. The van der Waals surface area contributed by atoms with Gasteiger partial charge in [0, 0.05) is 19.3 Å². The average molecular weight is 327 g/mol. The van der Waals surface area contributed by atoms with E-state index in [1.54, 1.807) is 17.0 Å². The molecule has 1 heterocycles. The minimum absolute atomic E-state index is 0.237. The topological polar surface area (TPSA) is 54.5 Å². The minimum atomic E-state index is -3.34. The average Bonchev–Trinajstić information content (AvgIpc) is 2.48. The van der Waals surface area contributed by atoms with E-state index in [0.717, 1.165) is 31.1 Å². The van der Waals surface area contributed by atoms with E-state index in [0.29, 0.717) is 19.0 Å². The molecule has 1 aliphatic rings. The molecule has 0 spiro atoms. The number of piperidine rings is 1. The van der Waals surface area contributed by atoms with Crippen molar-refractivity contribution in [3.63, 3.8) is 0 Å². The first-order valence-electron chi connectivity index (χ1n) is 7.49. The summed E-state index contributed by atoms with van der Waals surface area (Å²) in [6, 6.07) is 6.50. The summed E-state index contributed by atoms with van der Waals surface area (Å²) < 4.78 is 35.8. The van der Waals surface area contributed by atoms with Gasteiger partial charge in [-0.1, -0.05) is 12.1 Å². The Bertz CT molecular complexity index is 619. The second-order valence-corrected chi connectivity index (χ2v) is 8.44. The zero-order chi connectivity index (χ0) is 16.3. The number of amides is 1. The standard InChI is InChI=1S/C16H22FNO3S/c1-12(22(2,20)21)16(19)18-9-7-14(8-10-18)11-13-3-5-15(17)6-4-13/h3-6,12,14H,7-11H2,1-2H3. The molecule has 1 aromatic rings. The molecule has 2 rings (SSSR count). The number of carbonyl (C=O) groups excluding carboxylic acids is 1. The monoisotopic (exact) mass is 327 g/mol. The van der Waals surface area contributed by atoms with Crippen molar-refractivity contribution in [2.75, 3.05) is 19.3 Å². The van der Waals surface area contributed by atoms with Gasteiger partial charge in [-0.15, -0.1) is 0 Å². The largest absolute Gasteiger partial charge is 0.342 e. The molecule has 1 saturated heterocycles. The van der Waals surface area contributed by atoms with Crippen molar-refractivity contribution in [2.24, 2.45) is 5.92 Å². The predicted molar refractivity (Wildman–Crippen MR) is 83.7 cm³/mol. The number of rotatable bonds is 4. The van der Waals surface area contributed by atoms with Crippen LogP contribution in [0.2, 0.25) is 0 Å². The SMILES string of the molecule is CC(C(=O)N1CCC(Cc2ccc(F)cc2)CC1)S(C)(=O)=O. The highest BCUT2D eigenvalue weighted by atomic mass is 32.2. The lowest BCUT2D eigenvalue weighted by Gasteiger charge is -2.33. The highest BCUT2D eigenvalue weighted by Gasteiger charge is 2.30. The summed E-state index contributed by atoms with van der Waals surface area (Å²) in [7, 11) is -3.34. The highest BCUT2D eigenvalue weighted by molar-refractivity contribution is 7.92. The van der Waals surface area contributed by atoms with Crippen LogP contribution in [0.25, 0.3) is 0 Å². The maximum Gasteiger partial charge on any atom is 0.240 e. The molecule has 1 unspecified atom stereocenters. The Hall–Kier alpha value is -1.43. The lowest BCUT2D eigenvalue weighted by molar-refractivity contribution is -0.131. The van der Waals surface area contributed by atoms with Gasteiger partial charge in [-0.25, -0.2) is 12.8 Å². The first-order valence-corrected chi connectivity index (χ1v) is 9.45. The Labute approximate surface area is 131 Å². The summed E-state index contributed by atoms with van der Waals surface area (Å²) in [5.74, 6) is -0.0929. The molecule has 0 radical (unpaired) electrons. The van der Waals surface area contributed by atoms with Gasteiger partial charge in [0.2, 0.25) is 5.91 Å². The van der Waals surface area contributed by atoms with Crippen molar-refractivity contribution in [1.29, 1.82) is 0 Å². The van der Waals surface area contributed by atoms with Crippen LogP contribution in [0, 0.1) is 11.7 Å². The third-order valence-electron chi connectivity index (χ3n) is 4.35. The van der Waals surface area contributed by atoms with Crippen molar-refractivity contribution in [1.82, 2.24) is 4.90 Å². The summed E-state index contributed by atoms with van der Waals surface area (Å²) in [6.07, 6.45) is 3.65. The second-order valence-electron chi connectivity index (χ2n) is 6.07. The Balaban J connectivity index is 1.88.